The average molecular weight is 271 g/mol. The lowest BCUT2D eigenvalue weighted by molar-refractivity contribution is -0.109. The molecule has 0 fully saturated rings. The predicted molar refractivity (Wildman–Crippen MR) is 62.1 cm³/mol. The van der Waals surface area contributed by atoms with Crippen LogP contribution in [0.4, 0.5) is 0 Å². The zero-order valence-electron chi connectivity index (χ0n) is 9.03. The SMILES string of the molecule is CC(C)c1nc(Br)c2n1CCCC2C=O. The predicted octanol–water partition coefficient (Wildman–Crippen LogP) is 2.85. The summed E-state index contributed by atoms with van der Waals surface area (Å²) in [5.41, 5.74) is 1.07. The second-order valence-corrected chi connectivity index (χ2v) is 5.09. The summed E-state index contributed by atoms with van der Waals surface area (Å²) >= 11 is 3.46. The summed E-state index contributed by atoms with van der Waals surface area (Å²) in [7, 11) is 0. The van der Waals surface area contributed by atoms with Gasteiger partial charge in [0.2, 0.25) is 0 Å². The van der Waals surface area contributed by atoms with Gasteiger partial charge in [-0.1, -0.05) is 13.8 Å². The summed E-state index contributed by atoms with van der Waals surface area (Å²) in [6, 6.07) is 0. The molecule has 0 bridgehead atoms. The van der Waals surface area contributed by atoms with Crippen LogP contribution in [0.2, 0.25) is 0 Å². The fraction of sp³-hybridized carbons (Fsp3) is 0.636. The molecule has 0 aromatic carbocycles. The van der Waals surface area contributed by atoms with E-state index < -0.39 is 0 Å². The van der Waals surface area contributed by atoms with E-state index in [4.69, 9.17) is 0 Å². The quantitative estimate of drug-likeness (QED) is 0.775. The monoisotopic (exact) mass is 270 g/mol. The number of halogens is 1. The van der Waals surface area contributed by atoms with Crippen molar-refractivity contribution in [2.24, 2.45) is 0 Å². The maximum absolute atomic E-state index is 11.0. The molecule has 0 N–H and O–H groups in total. The van der Waals surface area contributed by atoms with Gasteiger partial charge in [0.25, 0.3) is 0 Å². The Balaban J connectivity index is 2.53. The number of hydrogen-bond acceptors (Lipinski definition) is 2. The van der Waals surface area contributed by atoms with Crippen molar-refractivity contribution in [2.75, 3.05) is 0 Å². The van der Waals surface area contributed by atoms with E-state index in [9.17, 15) is 4.79 Å². The number of imidazole rings is 1. The summed E-state index contributed by atoms with van der Waals surface area (Å²) in [4.78, 5) is 15.5. The Hall–Kier alpha value is -0.640. The summed E-state index contributed by atoms with van der Waals surface area (Å²) in [5, 5.41) is 0. The third-order valence-electron chi connectivity index (χ3n) is 2.92. The van der Waals surface area contributed by atoms with Gasteiger partial charge in [0.15, 0.2) is 0 Å². The summed E-state index contributed by atoms with van der Waals surface area (Å²) in [6.45, 7) is 5.25. The number of aromatic nitrogens is 2. The van der Waals surface area contributed by atoms with Crippen LogP contribution in [0.1, 0.15) is 50.0 Å². The lowest BCUT2D eigenvalue weighted by atomic mass is 9.98. The van der Waals surface area contributed by atoms with E-state index in [-0.39, 0.29) is 5.92 Å². The van der Waals surface area contributed by atoms with E-state index in [1.807, 2.05) is 0 Å². The highest BCUT2D eigenvalue weighted by Crippen LogP contribution is 2.34. The van der Waals surface area contributed by atoms with E-state index in [0.29, 0.717) is 5.92 Å². The van der Waals surface area contributed by atoms with Crippen molar-refractivity contribution in [3.63, 3.8) is 0 Å². The number of nitrogens with zero attached hydrogens (tertiary/aromatic N) is 2. The molecule has 1 aromatic heterocycles. The molecule has 0 radical (unpaired) electrons. The molecule has 4 heteroatoms. The number of carbonyl (C=O) groups is 1. The zero-order chi connectivity index (χ0) is 11.0. The second kappa shape index (κ2) is 4.08. The van der Waals surface area contributed by atoms with Crippen molar-refractivity contribution in [1.82, 2.24) is 9.55 Å². The fourth-order valence-corrected chi connectivity index (χ4v) is 2.91. The van der Waals surface area contributed by atoms with Crippen LogP contribution in [-0.2, 0) is 11.3 Å². The van der Waals surface area contributed by atoms with Gasteiger partial charge in [-0.2, -0.15) is 0 Å². The standard InChI is InChI=1S/C11H15BrN2O/c1-7(2)11-13-10(12)9-8(6-15)4-3-5-14(9)11/h6-8H,3-5H2,1-2H3. The van der Waals surface area contributed by atoms with Gasteiger partial charge in [-0.05, 0) is 28.8 Å². The van der Waals surface area contributed by atoms with Gasteiger partial charge in [0.1, 0.15) is 16.7 Å². The van der Waals surface area contributed by atoms with Crippen LogP contribution in [0.3, 0.4) is 0 Å². The Morgan fingerprint density at radius 1 is 1.60 bits per heavy atom. The molecule has 0 saturated carbocycles. The first-order valence-electron chi connectivity index (χ1n) is 5.36. The number of carbonyl (C=O) groups excluding carboxylic acids is 1. The molecule has 82 valence electrons. The molecular weight excluding hydrogens is 256 g/mol. The van der Waals surface area contributed by atoms with Crippen molar-refractivity contribution in [3.8, 4) is 0 Å². The van der Waals surface area contributed by atoms with Crippen LogP contribution in [0.5, 0.6) is 0 Å². The molecule has 0 spiro atoms. The number of fused-ring (bicyclic) bond motifs is 1. The minimum Gasteiger partial charge on any atom is -0.330 e. The highest BCUT2D eigenvalue weighted by Gasteiger charge is 2.27. The van der Waals surface area contributed by atoms with Crippen LogP contribution < -0.4 is 0 Å². The molecule has 3 nitrogen and oxygen atoms in total. The minimum atomic E-state index is 0.0214. The van der Waals surface area contributed by atoms with Crippen LogP contribution in [-0.4, -0.2) is 15.8 Å². The van der Waals surface area contributed by atoms with E-state index in [2.05, 4.69) is 39.3 Å². The Morgan fingerprint density at radius 2 is 2.33 bits per heavy atom. The molecule has 1 aliphatic heterocycles. The number of rotatable bonds is 2. The Morgan fingerprint density at radius 3 is 2.93 bits per heavy atom. The van der Waals surface area contributed by atoms with Crippen molar-refractivity contribution in [3.05, 3.63) is 16.1 Å². The maximum atomic E-state index is 11.0. The molecular formula is C11H15BrN2O. The van der Waals surface area contributed by atoms with E-state index in [0.717, 1.165) is 41.8 Å². The molecule has 0 saturated heterocycles. The first kappa shape index (κ1) is 10.9. The van der Waals surface area contributed by atoms with Gasteiger partial charge in [0, 0.05) is 12.5 Å². The summed E-state index contributed by atoms with van der Waals surface area (Å²) in [5.74, 6) is 1.51. The van der Waals surface area contributed by atoms with Crippen molar-refractivity contribution >= 4 is 22.2 Å². The van der Waals surface area contributed by atoms with Gasteiger partial charge < -0.3 is 9.36 Å². The Labute approximate surface area is 98.0 Å². The van der Waals surface area contributed by atoms with Gasteiger partial charge >= 0.3 is 0 Å². The van der Waals surface area contributed by atoms with Gasteiger partial charge in [-0.3, -0.25) is 0 Å². The third-order valence-corrected chi connectivity index (χ3v) is 3.50. The molecule has 1 atom stereocenters. The number of hydrogen-bond donors (Lipinski definition) is 0. The third kappa shape index (κ3) is 1.75. The Kier molecular flexibility index (Phi) is 2.96. The van der Waals surface area contributed by atoms with E-state index in [1.165, 1.54) is 0 Å². The van der Waals surface area contributed by atoms with E-state index >= 15 is 0 Å². The fourth-order valence-electron chi connectivity index (χ4n) is 2.22. The summed E-state index contributed by atoms with van der Waals surface area (Å²) in [6.07, 6.45) is 3.06. The lowest BCUT2D eigenvalue weighted by Crippen LogP contribution is -2.18. The molecule has 15 heavy (non-hydrogen) atoms. The molecule has 1 aliphatic rings. The summed E-state index contributed by atoms with van der Waals surface area (Å²) < 4.78 is 3.06. The topological polar surface area (TPSA) is 34.9 Å². The van der Waals surface area contributed by atoms with Crippen molar-refractivity contribution in [1.29, 1.82) is 0 Å². The highest BCUT2D eigenvalue weighted by atomic mass is 79.9. The van der Waals surface area contributed by atoms with Crippen LogP contribution in [0.25, 0.3) is 0 Å². The lowest BCUT2D eigenvalue weighted by Gasteiger charge is -2.22. The largest absolute Gasteiger partial charge is 0.330 e. The normalized spacial score (nSPS) is 20.4. The molecule has 2 rings (SSSR count). The van der Waals surface area contributed by atoms with Crippen LogP contribution in [0.15, 0.2) is 4.60 Å². The first-order valence-corrected chi connectivity index (χ1v) is 6.15. The first-order chi connectivity index (χ1) is 7.15. The van der Waals surface area contributed by atoms with Crippen LogP contribution >= 0.6 is 15.9 Å². The zero-order valence-corrected chi connectivity index (χ0v) is 10.6. The van der Waals surface area contributed by atoms with Gasteiger partial charge in [0.05, 0.1) is 11.6 Å². The molecule has 2 heterocycles. The molecule has 0 amide bonds. The molecule has 0 aliphatic carbocycles. The smallest absolute Gasteiger partial charge is 0.129 e. The Bertz CT molecular complexity index is 384. The highest BCUT2D eigenvalue weighted by molar-refractivity contribution is 9.10. The second-order valence-electron chi connectivity index (χ2n) is 4.34. The molecule has 1 unspecified atom stereocenters. The number of aldehydes is 1. The van der Waals surface area contributed by atoms with Crippen molar-refractivity contribution < 1.29 is 4.79 Å². The van der Waals surface area contributed by atoms with Crippen LogP contribution in [0, 0.1) is 0 Å². The van der Waals surface area contributed by atoms with Gasteiger partial charge in [-0.15, -0.1) is 0 Å². The average Bonchev–Trinajstić information content (AvgIpc) is 2.56. The molecule has 1 aromatic rings. The van der Waals surface area contributed by atoms with E-state index in [1.54, 1.807) is 0 Å². The van der Waals surface area contributed by atoms with Crippen molar-refractivity contribution in [2.45, 2.75) is 45.1 Å². The van der Waals surface area contributed by atoms with Gasteiger partial charge in [-0.25, -0.2) is 4.98 Å². The maximum Gasteiger partial charge on any atom is 0.129 e. The minimum absolute atomic E-state index is 0.0214.